The number of rotatable bonds is 4. The van der Waals surface area contributed by atoms with E-state index in [1.807, 2.05) is 13.8 Å². The molecule has 4 nitrogen and oxygen atoms in total. The molecule has 0 bridgehead atoms. The lowest BCUT2D eigenvalue weighted by Gasteiger charge is -2.02. The molecule has 0 saturated carbocycles. The van der Waals surface area contributed by atoms with Gasteiger partial charge in [-0.05, 0) is 44.0 Å². The van der Waals surface area contributed by atoms with Gasteiger partial charge in [0.1, 0.15) is 0 Å². The van der Waals surface area contributed by atoms with Crippen molar-refractivity contribution in [2.45, 2.75) is 20.3 Å². The lowest BCUT2D eigenvalue weighted by Crippen LogP contribution is -2.25. The van der Waals surface area contributed by atoms with Gasteiger partial charge in [-0.25, -0.2) is 0 Å². The van der Waals surface area contributed by atoms with Gasteiger partial charge in [-0.3, -0.25) is 4.79 Å². The van der Waals surface area contributed by atoms with Crippen molar-refractivity contribution in [2.24, 2.45) is 0 Å². The topological polar surface area (TPSA) is 58.0 Å². The number of hydrogen-bond acceptors (Lipinski definition) is 2. The Morgan fingerprint density at radius 2 is 2.29 bits per heavy atom. The Labute approximate surface area is 100 Å². The highest BCUT2D eigenvalue weighted by atomic mass is 16.3. The summed E-state index contributed by atoms with van der Waals surface area (Å²) < 4.78 is 5.01. The summed E-state index contributed by atoms with van der Waals surface area (Å²) >= 11 is 0. The number of nitrogens with one attached hydrogen (secondary N) is 2. The van der Waals surface area contributed by atoms with Gasteiger partial charge in [0.05, 0.1) is 6.26 Å². The van der Waals surface area contributed by atoms with Gasteiger partial charge in [-0.15, -0.1) is 0 Å². The van der Waals surface area contributed by atoms with Crippen molar-refractivity contribution in [3.63, 3.8) is 0 Å². The van der Waals surface area contributed by atoms with Crippen LogP contribution in [0, 0.1) is 13.8 Å². The lowest BCUT2D eigenvalue weighted by atomic mass is 10.2. The molecule has 17 heavy (non-hydrogen) atoms. The maximum atomic E-state index is 11.6. The smallest absolute Gasteiger partial charge is 0.286 e. The number of furan rings is 1. The van der Waals surface area contributed by atoms with Crippen molar-refractivity contribution in [3.05, 3.63) is 47.2 Å². The predicted octanol–water partition coefficient (Wildman–Crippen LogP) is 2.20. The molecule has 0 fully saturated rings. The fraction of sp³-hybridized carbons (Fsp3) is 0.308. The molecule has 1 amide bonds. The Kier molecular flexibility index (Phi) is 3.32. The Bertz CT molecular complexity index is 497. The number of aromatic nitrogens is 1. The second-order valence-corrected chi connectivity index (χ2v) is 4.09. The van der Waals surface area contributed by atoms with Crippen LogP contribution in [0.1, 0.15) is 27.5 Å². The highest BCUT2D eigenvalue weighted by Gasteiger charge is 2.08. The summed E-state index contributed by atoms with van der Waals surface area (Å²) in [4.78, 5) is 14.8. The van der Waals surface area contributed by atoms with Gasteiger partial charge in [-0.1, -0.05) is 0 Å². The molecule has 2 aromatic rings. The molecule has 0 aliphatic carbocycles. The third-order valence-electron chi connectivity index (χ3n) is 2.68. The minimum Gasteiger partial charge on any atom is -0.459 e. The third-order valence-corrected chi connectivity index (χ3v) is 2.68. The first-order valence-electron chi connectivity index (χ1n) is 5.63. The minimum atomic E-state index is -0.167. The molecule has 0 saturated heterocycles. The zero-order valence-electron chi connectivity index (χ0n) is 10.0. The first-order valence-corrected chi connectivity index (χ1v) is 5.63. The van der Waals surface area contributed by atoms with E-state index in [-0.39, 0.29) is 5.91 Å². The number of amides is 1. The third kappa shape index (κ3) is 2.78. The molecule has 0 aliphatic heterocycles. The van der Waals surface area contributed by atoms with E-state index in [2.05, 4.69) is 16.4 Å². The minimum absolute atomic E-state index is 0.167. The molecule has 0 aromatic carbocycles. The summed E-state index contributed by atoms with van der Waals surface area (Å²) in [6.07, 6.45) is 2.32. The Morgan fingerprint density at radius 1 is 1.47 bits per heavy atom. The van der Waals surface area contributed by atoms with Crippen molar-refractivity contribution < 1.29 is 9.21 Å². The normalized spacial score (nSPS) is 10.5. The van der Waals surface area contributed by atoms with Crippen molar-refractivity contribution >= 4 is 5.91 Å². The summed E-state index contributed by atoms with van der Waals surface area (Å²) in [5.74, 6) is 0.187. The van der Waals surface area contributed by atoms with E-state index in [9.17, 15) is 4.79 Å². The molecule has 0 radical (unpaired) electrons. The van der Waals surface area contributed by atoms with Crippen molar-refractivity contribution in [1.29, 1.82) is 0 Å². The maximum absolute atomic E-state index is 11.6. The molecule has 90 valence electrons. The van der Waals surface area contributed by atoms with Crippen LogP contribution in [0.2, 0.25) is 0 Å². The largest absolute Gasteiger partial charge is 0.459 e. The molecule has 2 heterocycles. The van der Waals surface area contributed by atoms with E-state index in [4.69, 9.17) is 4.42 Å². The molecule has 0 unspecified atom stereocenters. The fourth-order valence-corrected chi connectivity index (χ4v) is 1.85. The van der Waals surface area contributed by atoms with Gasteiger partial charge in [0.2, 0.25) is 0 Å². The number of carbonyl (C=O) groups is 1. The van der Waals surface area contributed by atoms with E-state index in [1.165, 1.54) is 11.8 Å². The maximum Gasteiger partial charge on any atom is 0.286 e. The van der Waals surface area contributed by atoms with Gasteiger partial charge < -0.3 is 14.7 Å². The van der Waals surface area contributed by atoms with E-state index in [1.54, 1.807) is 12.1 Å². The quantitative estimate of drug-likeness (QED) is 0.849. The summed E-state index contributed by atoms with van der Waals surface area (Å²) in [5, 5.41) is 2.82. The van der Waals surface area contributed by atoms with Crippen molar-refractivity contribution in [2.75, 3.05) is 6.54 Å². The van der Waals surface area contributed by atoms with Crippen LogP contribution in [0.15, 0.2) is 28.9 Å². The summed E-state index contributed by atoms with van der Waals surface area (Å²) in [5.41, 5.74) is 3.55. The number of aromatic amines is 1. The predicted molar refractivity (Wildman–Crippen MR) is 65.0 cm³/mol. The molecular formula is C13H16N2O2. The zero-order valence-corrected chi connectivity index (χ0v) is 10.0. The van der Waals surface area contributed by atoms with Crippen LogP contribution in [0.3, 0.4) is 0 Å². The van der Waals surface area contributed by atoms with E-state index in [0.29, 0.717) is 12.3 Å². The average molecular weight is 232 g/mol. The highest BCUT2D eigenvalue weighted by Crippen LogP contribution is 2.09. The van der Waals surface area contributed by atoms with Crippen LogP contribution in [-0.4, -0.2) is 17.4 Å². The summed E-state index contributed by atoms with van der Waals surface area (Å²) in [7, 11) is 0. The number of carbonyl (C=O) groups excluding carboxylic acids is 1. The standard InChI is InChI=1S/C13H16N2O2/c1-9-8-11(10(2)15-9)5-6-14-13(16)12-4-3-7-17-12/h3-4,7-8,15H,5-6H2,1-2H3,(H,14,16). The monoisotopic (exact) mass is 232 g/mol. The van der Waals surface area contributed by atoms with Gasteiger partial charge in [0.25, 0.3) is 5.91 Å². The number of H-pyrrole nitrogens is 1. The van der Waals surface area contributed by atoms with Crippen LogP contribution in [0.5, 0.6) is 0 Å². The summed E-state index contributed by atoms with van der Waals surface area (Å²) in [6.45, 7) is 4.67. The molecule has 0 spiro atoms. The van der Waals surface area contributed by atoms with Crippen molar-refractivity contribution in [1.82, 2.24) is 10.3 Å². The van der Waals surface area contributed by atoms with Crippen LogP contribution in [0.25, 0.3) is 0 Å². The van der Waals surface area contributed by atoms with Crippen LogP contribution in [0.4, 0.5) is 0 Å². The van der Waals surface area contributed by atoms with Crippen LogP contribution in [-0.2, 0) is 6.42 Å². The van der Waals surface area contributed by atoms with E-state index >= 15 is 0 Å². The zero-order chi connectivity index (χ0) is 12.3. The first-order chi connectivity index (χ1) is 8.16. The first kappa shape index (κ1) is 11.5. The van der Waals surface area contributed by atoms with Gasteiger partial charge in [0.15, 0.2) is 5.76 Å². The Morgan fingerprint density at radius 3 is 2.88 bits per heavy atom. The van der Waals surface area contributed by atoms with Crippen LogP contribution >= 0.6 is 0 Å². The molecular weight excluding hydrogens is 216 g/mol. The second-order valence-electron chi connectivity index (χ2n) is 4.09. The average Bonchev–Trinajstić information content (AvgIpc) is 2.89. The van der Waals surface area contributed by atoms with E-state index in [0.717, 1.165) is 17.8 Å². The summed E-state index contributed by atoms with van der Waals surface area (Å²) in [6, 6.07) is 5.46. The fourth-order valence-electron chi connectivity index (χ4n) is 1.85. The molecule has 2 aromatic heterocycles. The van der Waals surface area contributed by atoms with Gasteiger partial charge in [-0.2, -0.15) is 0 Å². The molecule has 0 aliphatic rings. The number of aryl methyl sites for hydroxylation is 2. The second kappa shape index (κ2) is 4.91. The Balaban J connectivity index is 1.84. The molecule has 2 N–H and O–H groups in total. The van der Waals surface area contributed by atoms with Crippen LogP contribution < -0.4 is 5.32 Å². The lowest BCUT2D eigenvalue weighted by molar-refractivity contribution is 0.0926. The Hall–Kier alpha value is -1.97. The number of hydrogen-bond donors (Lipinski definition) is 2. The SMILES string of the molecule is Cc1cc(CCNC(=O)c2ccco2)c(C)[nH]1. The molecule has 4 heteroatoms. The highest BCUT2D eigenvalue weighted by molar-refractivity contribution is 5.91. The van der Waals surface area contributed by atoms with Gasteiger partial charge in [0, 0.05) is 17.9 Å². The van der Waals surface area contributed by atoms with Crippen molar-refractivity contribution in [3.8, 4) is 0 Å². The molecule has 2 rings (SSSR count). The van der Waals surface area contributed by atoms with E-state index < -0.39 is 0 Å². The molecule has 0 atom stereocenters. The van der Waals surface area contributed by atoms with Gasteiger partial charge >= 0.3 is 0 Å².